The Kier molecular flexibility index (Phi) is 1.94. The van der Waals surface area contributed by atoms with Gasteiger partial charge in [0.1, 0.15) is 0 Å². The summed E-state index contributed by atoms with van der Waals surface area (Å²) >= 11 is 0. The van der Waals surface area contributed by atoms with Crippen LogP contribution in [-0.4, -0.2) is 12.1 Å². The molecule has 0 amide bonds. The molecule has 0 atom stereocenters. The summed E-state index contributed by atoms with van der Waals surface area (Å²) < 4.78 is 0. The first kappa shape index (κ1) is 8.18. The Morgan fingerprint density at radius 2 is 2.18 bits per heavy atom. The number of allylic oxidation sites excluding steroid dienone is 2. The molecule has 0 radical (unpaired) electrons. The van der Waals surface area contributed by atoms with Crippen molar-refractivity contribution in [3.8, 4) is 0 Å². The van der Waals surface area contributed by atoms with Crippen molar-refractivity contribution in [3.05, 3.63) is 11.6 Å². The molecule has 0 unspecified atom stereocenters. The predicted octanol–water partition coefficient (Wildman–Crippen LogP) is 1.50. The van der Waals surface area contributed by atoms with Gasteiger partial charge in [0.25, 0.3) is 0 Å². The van der Waals surface area contributed by atoms with Crippen molar-refractivity contribution in [1.29, 1.82) is 0 Å². The van der Waals surface area contributed by atoms with Crippen LogP contribution >= 0.6 is 0 Å². The summed E-state index contributed by atoms with van der Waals surface area (Å²) in [4.78, 5) is 21.7. The van der Waals surface area contributed by atoms with E-state index in [1.807, 2.05) is 13.8 Å². The van der Waals surface area contributed by atoms with Gasteiger partial charge in [-0.15, -0.1) is 0 Å². The van der Waals surface area contributed by atoms with Crippen LogP contribution in [-0.2, 0) is 9.59 Å². The largest absolute Gasteiger partial charge is 0.298 e. The van der Waals surface area contributed by atoms with Gasteiger partial charge in [-0.2, -0.15) is 0 Å². The Bertz CT molecular complexity index is 224. The highest BCUT2D eigenvalue weighted by molar-refractivity contribution is 6.14. The molecule has 0 aromatic heterocycles. The lowest BCUT2D eigenvalue weighted by Crippen LogP contribution is -2.29. The van der Waals surface area contributed by atoms with E-state index in [0.29, 0.717) is 11.9 Å². The maximum Gasteiger partial charge on any atom is 0.171 e. The highest BCUT2D eigenvalue weighted by atomic mass is 16.1. The van der Waals surface area contributed by atoms with E-state index in [1.54, 1.807) is 6.08 Å². The topological polar surface area (TPSA) is 34.1 Å². The van der Waals surface area contributed by atoms with Gasteiger partial charge in [0, 0.05) is 5.41 Å². The summed E-state index contributed by atoms with van der Waals surface area (Å²) in [6.45, 7) is 3.76. The summed E-state index contributed by atoms with van der Waals surface area (Å²) in [6, 6.07) is 0. The van der Waals surface area contributed by atoms with Crippen molar-refractivity contribution in [2.24, 2.45) is 5.41 Å². The van der Waals surface area contributed by atoms with Crippen molar-refractivity contribution < 1.29 is 9.59 Å². The maximum atomic E-state index is 11.4. The fraction of sp³-hybridized carbons (Fsp3) is 0.556. The summed E-state index contributed by atoms with van der Waals surface area (Å²) in [7, 11) is 0. The Morgan fingerprint density at radius 3 is 2.64 bits per heavy atom. The molecule has 1 rings (SSSR count). The first-order chi connectivity index (χ1) is 5.08. The summed E-state index contributed by atoms with van der Waals surface area (Å²) in [5.74, 6) is -0.0150. The minimum absolute atomic E-state index is 0.0150. The van der Waals surface area contributed by atoms with Crippen LogP contribution in [0.4, 0.5) is 0 Å². The van der Waals surface area contributed by atoms with Crippen molar-refractivity contribution in [2.45, 2.75) is 26.7 Å². The van der Waals surface area contributed by atoms with E-state index in [9.17, 15) is 9.59 Å². The van der Waals surface area contributed by atoms with E-state index in [4.69, 9.17) is 0 Å². The van der Waals surface area contributed by atoms with Gasteiger partial charge in [-0.1, -0.05) is 19.9 Å². The molecule has 0 spiro atoms. The van der Waals surface area contributed by atoms with Crippen LogP contribution in [0.2, 0.25) is 0 Å². The Hall–Kier alpha value is -0.920. The van der Waals surface area contributed by atoms with Gasteiger partial charge in [0.15, 0.2) is 12.1 Å². The molecule has 60 valence electrons. The molecule has 0 aromatic carbocycles. The normalized spacial score (nSPS) is 22.7. The second-order valence-electron chi connectivity index (χ2n) is 3.53. The zero-order valence-corrected chi connectivity index (χ0v) is 6.89. The van der Waals surface area contributed by atoms with Crippen molar-refractivity contribution in [2.75, 3.05) is 0 Å². The summed E-state index contributed by atoms with van der Waals surface area (Å²) in [5, 5.41) is 0. The maximum absolute atomic E-state index is 11.4. The van der Waals surface area contributed by atoms with E-state index in [1.165, 1.54) is 0 Å². The number of rotatable bonds is 1. The molecule has 2 heteroatoms. The Morgan fingerprint density at radius 1 is 1.55 bits per heavy atom. The molecule has 1 aliphatic rings. The van der Waals surface area contributed by atoms with Gasteiger partial charge in [-0.3, -0.25) is 9.59 Å². The summed E-state index contributed by atoms with van der Waals surface area (Å²) in [5.41, 5.74) is 0.0200. The molecular formula is C9H12O2. The monoisotopic (exact) mass is 152 g/mol. The molecule has 2 nitrogen and oxygen atoms in total. The zero-order valence-electron chi connectivity index (χ0n) is 6.89. The molecule has 0 N–H and O–H groups in total. The molecule has 0 fully saturated rings. The van der Waals surface area contributed by atoms with Crippen LogP contribution < -0.4 is 0 Å². The van der Waals surface area contributed by atoms with Gasteiger partial charge in [-0.05, 0) is 12.8 Å². The molecule has 0 aromatic rings. The predicted molar refractivity (Wildman–Crippen MR) is 42.2 cm³/mol. The number of aldehydes is 1. The van der Waals surface area contributed by atoms with E-state index < -0.39 is 0 Å². The van der Waals surface area contributed by atoms with Gasteiger partial charge in [0.05, 0.1) is 5.57 Å². The second-order valence-corrected chi connectivity index (χ2v) is 3.53. The van der Waals surface area contributed by atoms with Crippen LogP contribution in [0.25, 0.3) is 0 Å². The third kappa shape index (κ3) is 1.39. The van der Waals surface area contributed by atoms with E-state index in [0.717, 1.165) is 12.8 Å². The van der Waals surface area contributed by atoms with Gasteiger partial charge < -0.3 is 0 Å². The number of ketones is 1. The summed E-state index contributed by atoms with van der Waals surface area (Å²) in [6.07, 6.45) is 4.07. The lowest BCUT2D eigenvalue weighted by atomic mass is 9.76. The quantitative estimate of drug-likeness (QED) is 0.421. The zero-order chi connectivity index (χ0) is 8.48. The molecule has 0 aliphatic heterocycles. The van der Waals surface area contributed by atoms with E-state index in [2.05, 4.69) is 0 Å². The third-order valence-corrected chi connectivity index (χ3v) is 2.14. The highest BCUT2D eigenvalue weighted by Crippen LogP contribution is 2.30. The van der Waals surface area contributed by atoms with Crippen LogP contribution in [0.5, 0.6) is 0 Å². The first-order valence-corrected chi connectivity index (χ1v) is 3.78. The molecule has 0 saturated heterocycles. The van der Waals surface area contributed by atoms with Crippen LogP contribution in [0.3, 0.4) is 0 Å². The van der Waals surface area contributed by atoms with Gasteiger partial charge in [0.2, 0.25) is 0 Å². The highest BCUT2D eigenvalue weighted by Gasteiger charge is 2.31. The van der Waals surface area contributed by atoms with Crippen molar-refractivity contribution in [1.82, 2.24) is 0 Å². The first-order valence-electron chi connectivity index (χ1n) is 3.78. The van der Waals surface area contributed by atoms with E-state index >= 15 is 0 Å². The standard InChI is InChI=1S/C9H12O2/c1-9(2)5-3-4-7(6-10)8(9)11/h4,6H,3,5H2,1-2H3. The van der Waals surface area contributed by atoms with E-state index in [-0.39, 0.29) is 11.2 Å². The number of hydrogen-bond acceptors (Lipinski definition) is 2. The minimum Gasteiger partial charge on any atom is -0.298 e. The molecular weight excluding hydrogens is 140 g/mol. The molecule has 0 bridgehead atoms. The molecule has 0 saturated carbocycles. The molecule has 0 heterocycles. The second kappa shape index (κ2) is 2.61. The average molecular weight is 152 g/mol. The average Bonchev–Trinajstić information content (AvgIpc) is 1.95. The van der Waals surface area contributed by atoms with Gasteiger partial charge in [-0.25, -0.2) is 0 Å². The number of carbonyl (C=O) groups excluding carboxylic acids is 2. The minimum atomic E-state index is -0.328. The molecule has 1 aliphatic carbocycles. The number of carbonyl (C=O) groups is 2. The fourth-order valence-corrected chi connectivity index (χ4v) is 1.29. The van der Waals surface area contributed by atoms with Crippen molar-refractivity contribution >= 4 is 12.1 Å². The van der Waals surface area contributed by atoms with Crippen molar-refractivity contribution in [3.63, 3.8) is 0 Å². The van der Waals surface area contributed by atoms with Crippen LogP contribution in [0.15, 0.2) is 11.6 Å². The van der Waals surface area contributed by atoms with Gasteiger partial charge >= 0.3 is 0 Å². The fourth-order valence-electron chi connectivity index (χ4n) is 1.29. The SMILES string of the molecule is CC1(C)CCC=C(C=O)C1=O. The van der Waals surface area contributed by atoms with Crippen LogP contribution in [0, 0.1) is 5.41 Å². The molecule has 11 heavy (non-hydrogen) atoms. The number of hydrogen-bond donors (Lipinski definition) is 0. The van der Waals surface area contributed by atoms with Crippen LogP contribution in [0.1, 0.15) is 26.7 Å². The Labute approximate surface area is 66.3 Å². The Balaban J connectivity index is 2.94. The third-order valence-electron chi connectivity index (χ3n) is 2.14. The number of Topliss-reactive ketones (excluding diaryl/α,β-unsaturated/α-hetero) is 1. The smallest absolute Gasteiger partial charge is 0.171 e. The lowest BCUT2D eigenvalue weighted by molar-refractivity contribution is -0.125. The lowest BCUT2D eigenvalue weighted by Gasteiger charge is -2.25.